The summed E-state index contributed by atoms with van der Waals surface area (Å²) in [5, 5.41) is 0. The Balaban J connectivity index is 0.000000168. The van der Waals surface area contributed by atoms with Gasteiger partial charge in [0.1, 0.15) is 13.2 Å². The van der Waals surface area contributed by atoms with Gasteiger partial charge in [0.15, 0.2) is 0 Å². The number of carbonyl (C=O) groups excluding carboxylic acids is 2. The molecule has 2 amide bonds. The van der Waals surface area contributed by atoms with Crippen LogP contribution in [0.4, 0.5) is 9.59 Å². The molecule has 0 saturated carbocycles. The van der Waals surface area contributed by atoms with Crippen molar-refractivity contribution >= 4 is 12.2 Å². The van der Waals surface area contributed by atoms with Crippen LogP contribution < -0.4 is 0 Å². The monoisotopic (exact) mass is 566 g/mol. The number of nitrogens with zero attached hydrogens (tertiary/aromatic N) is 2. The van der Waals surface area contributed by atoms with E-state index in [9.17, 15) is 9.59 Å². The van der Waals surface area contributed by atoms with Gasteiger partial charge in [0.05, 0.1) is 13.1 Å². The van der Waals surface area contributed by atoms with Gasteiger partial charge in [-0.2, -0.15) is 0 Å². The number of rotatable bonds is 4. The van der Waals surface area contributed by atoms with E-state index in [2.05, 4.69) is 88.4 Å². The topological polar surface area (TPSA) is 59.1 Å². The molecule has 0 N–H and O–H groups in total. The van der Waals surface area contributed by atoms with Gasteiger partial charge in [-0.25, -0.2) is 9.59 Å². The molecular formula is C36H42N2O4. The second kappa shape index (κ2) is 13.3. The maximum absolute atomic E-state index is 11.7. The first-order chi connectivity index (χ1) is 20.3. The van der Waals surface area contributed by atoms with E-state index in [1.165, 1.54) is 33.4 Å². The van der Waals surface area contributed by atoms with Gasteiger partial charge in [-0.05, 0) is 60.8 Å². The molecule has 6 nitrogen and oxygen atoms in total. The maximum Gasteiger partial charge on any atom is 0.413 e. The van der Waals surface area contributed by atoms with Crippen molar-refractivity contribution in [2.24, 2.45) is 11.8 Å². The summed E-state index contributed by atoms with van der Waals surface area (Å²) in [6.45, 7) is 11.1. The van der Waals surface area contributed by atoms with E-state index < -0.39 is 0 Å². The fraction of sp³-hybridized carbons (Fsp3) is 0.389. The molecule has 2 aromatic carbocycles. The minimum atomic E-state index is -0.228. The highest BCUT2D eigenvalue weighted by Gasteiger charge is 2.31. The van der Waals surface area contributed by atoms with E-state index in [0.29, 0.717) is 38.1 Å². The minimum absolute atomic E-state index is 0.228. The van der Waals surface area contributed by atoms with Crippen LogP contribution in [0.25, 0.3) is 0 Å². The van der Waals surface area contributed by atoms with E-state index >= 15 is 0 Å². The van der Waals surface area contributed by atoms with E-state index in [1.807, 2.05) is 24.5 Å². The Morgan fingerprint density at radius 1 is 0.643 bits per heavy atom. The van der Waals surface area contributed by atoms with Crippen LogP contribution in [0.3, 0.4) is 0 Å². The Morgan fingerprint density at radius 3 is 1.36 bits per heavy atom. The molecule has 4 atom stereocenters. The van der Waals surface area contributed by atoms with Crippen molar-refractivity contribution in [2.75, 3.05) is 26.3 Å². The second-order valence-corrected chi connectivity index (χ2v) is 11.7. The molecule has 220 valence electrons. The fourth-order valence-electron chi connectivity index (χ4n) is 6.34. The van der Waals surface area contributed by atoms with Crippen LogP contribution in [0.2, 0.25) is 0 Å². The summed E-state index contributed by atoms with van der Waals surface area (Å²) < 4.78 is 10.1. The molecule has 2 fully saturated rings. The molecule has 2 saturated heterocycles. The summed E-state index contributed by atoms with van der Waals surface area (Å²) >= 11 is 0. The minimum Gasteiger partial charge on any atom is -0.447 e. The van der Waals surface area contributed by atoms with Crippen molar-refractivity contribution in [3.05, 3.63) is 119 Å². The summed E-state index contributed by atoms with van der Waals surface area (Å²) in [7, 11) is 0. The van der Waals surface area contributed by atoms with E-state index in [1.54, 1.807) is 9.80 Å². The van der Waals surface area contributed by atoms with Crippen LogP contribution in [0.5, 0.6) is 0 Å². The smallest absolute Gasteiger partial charge is 0.413 e. The fourth-order valence-corrected chi connectivity index (χ4v) is 6.34. The SMILES string of the molecule is CC1=CC[C@@H](C)/C(=C/N2CCOC2=O)[C@@H]1c1ccccc1.CC1=CC[C@H](C)/C(=C/N2CCOC2=O)[C@H]1c1ccccc1. The third kappa shape index (κ3) is 6.53. The average molecular weight is 567 g/mol. The van der Waals surface area contributed by atoms with Gasteiger partial charge in [0, 0.05) is 24.2 Å². The van der Waals surface area contributed by atoms with Crippen LogP contribution in [0.1, 0.15) is 63.5 Å². The third-order valence-corrected chi connectivity index (χ3v) is 8.76. The van der Waals surface area contributed by atoms with Gasteiger partial charge in [0.25, 0.3) is 0 Å². The zero-order chi connectivity index (χ0) is 29.6. The lowest BCUT2D eigenvalue weighted by molar-refractivity contribution is 0.165. The molecule has 2 aliphatic heterocycles. The van der Waals surface area contributed by atoms with Gasteiger partial charge < -0.3 is 9.47 Å². The van der Waals surface area contributed by atoms with Crippen LogP contribution in [-0.2, 0) is 9.47 Å². The highest BCUT2D eigenvalue weighted by Crippen LogP contribution is 2.42. The molecule has 42 heavy (non-hydrogen) atoms. The Labute approximate surface area is 250 Å². The van der Waals surface area contributed by atoms with Crippen molar-refractivity contribution in [1.82, 2.24) is 9.80 Å². The van der Waals surface area contributed by atoms with Gasteiger partial charge >= 0.3 is 12.2 Å². The summed E-state index contributed by atoms with van der Waals surface area (Å²) in [5.74, 6) is 1.41. The largest absolute Gasteiger partial charge is 0.447 e. The van der Waals surface area contributed by atoms with Crippen molar-refractivity contribution in [3.8, 4) is 0 Å². The zero-order valence-corrected chi connectivity index (χ0v) is 25.2. The lowest BCUT2D eigenvalue weighted by Crippen LogP contribution is -2.23. The van der Waals surface area contributed by atoms with E-state index in [0.717, 1.165) is 12.8 Å². The Bertz CT molecular complexity index is 1280. The zero-order valence-electron chi connectivity index (χ0n) is 25.2. The lowest BCUT2D eigenvalue weighted by atomic mass is 9.75. The van der Waals surface area contributed by atoms with E-state index in [4.69, 9.17) is 9.47 Å². The number of allylic oxidation sites excluding steroid dienone is 6. The van der Waals surface area contributed by atoms with E-state index in [-0.39, 0.29) is 24.0 Å². The molecule has 2 aliphatic carbocycles. The van der Waals surface area contributed by atoms with Crippen molar-refractivity contribution in [2.45, 2.75) is 52.4 Å². The van der Waals surface area contributed by atoms with Crippen molar-refractivity contribution in [1.29, 1.82) is 0 Å². The predicted molar refractivity (Wildman–Crippen MR) is 166 cm³/mol. The normalized spacial score (nSPS) is 27.7. The molecule has 0 bridgehead atoms. The number of cyclic esters (lactones) is 2. The highest BCUT2D eigenvalue weighted by molar-refractivity contribution is 5.71. The first-order valence-corrected chi connectivity index (χ1v) is 15.1. The third-order valence-electron chi connectivity index (χ3n) is 8.76. The predicted octanol–water partition coefficient (Wildman–Crippen LogP) is 8.18. The summed E-state index contributed by atoms with van der Waals surface area (Å²) in [6.07, 6.45) is 10.3. The Kier molecular flexibility index (Phi) is 9.31. The van der Waals surface area contributed by atoms with Crippen molar-refractivity contribution in [3.63, 3.8) is 0 Å². The number of carbonyl (C=O) groups is 2. The number of amides is 2. The molecule has 0 unspecified atom stereocenters. The summed E-state index contributed by atoms with van der Waals surface area (Å²) in [6, 6.07) is 21.0. The van der Waals surface area contributed by atoms with Gasteiger partial charge in [-0.1, -0.05) is 97.8 Å². The lowest BCUT2D eigenvalue weighted by Gasteiger charge is -2.31. The Hall–Kier alpha value is -4.06. The first-order valence-electron chi connectivity index (χ1n) is 15.1. The number of hydrogen-bond donors (Lipinski definition) is 0. The first kappa shape index (κ1) is 29.4. The highest BCUT2D eigenvalue weighted by atomic mass is 16.6. The van der Waals surface area contributed by atoms with Crippen LogP contribution in [-0.4, -0.2) is 48.3 Å². The molecule has 2 heterocycles. The van der Waals surface area contributed by atoms with Gasteiger partial charge in [0.2, 0.25) is 0 Å². The molecule has 4 aliphatic rings. The maximum atomic E-state index is 11.7. The summed E-state index contributed by atoms with van der Waals surface area (Å²) in [5.41, 5.74) is 7.91. The van der Waals surface area contributed by atoms with Gasteiger partial charge in [-0.3, -0.25) is 9.80 Å². The molecule has 6 rings (SSSR count). The molecule has 0 spiro atoms. The molecule has 0 radical (unpaired) electrons. The van der Waals surface area contributed by atoms with Crippen LogP contribution >= 0.6 is 0 Å². The molecular weight excluding hydrogens is 524 g/mol. The van der Waals surface area contributed by atoms with Crippen molar-refractivity contribution < 1.29 is 19.1 Å². The summed E-state index contributed by atoms with van der Waals surface area (Å²) in [4.78, 5) is 26.9. The number of benzene rings is 2. The number of ether oxygens (including phenoxy) is 2. The average Bonchev–Trinajstić information content (AvgIpc) is 3.61. The quantitative estimate of drug-likeness (QED) is 0.350. The Morgan fingerprint density at radius 2 is 1.02 bits per heavy atom. The second-order valence-electron chi connectivity index (χ2n) is 11.7. The molecule has 2 aromatic rings. The van der Waals surface area contributed by atoms with Crippen LogP contribution in [0, 0.1) is 11.8 Å². The number of hydrogen-bond acceptors (Lipinski definition) is 4. The standard InChI is InChI=1S/2C18H21NO2/c2*1-13-8-9-14(2)17(15-6-4-3-5-7-15)16(13)12-19-10-11-21-18(19)20/h2*3-7,9,12-13,17H,8,10-11H2,1-2H3/b2*16-12-/t2*13-,17+/m10/s1. The van der Waals surface area contributed by atoms with Gasteiger partial charge in [-0.15, -0.1) is 0 Å². The van der Waals surface area contributed by atoms with Crippen LogP contribution in [0.15, 0.2) is 108 Å². The molecule has 0 aromatic heterocycles. The molecule has 6 heteroatoms.